The first kappa shape index (κ1) is 11.3. The van der Waals surface area contributed by atoms with Gasteiger partial charge in [-0.2, -0.15) is 0 Å². The summed E-state index contributed by atoms with van der Waals surface area (Å²) in [6.45, 7) is 0.606. The van der Waals surface area contributed by atoms with Crippen LogP contribution >= 0.6 is 23.2 Å². The summed E-state index contributed by atoms with van der Waals surface area (Å²) in [5.74, 6) is 0.571. The number of amides is 1. The number of nitrogens with one attached hydrogen (secondary N) is 2. The fourth-order valence-electron chi connectivity index (χ4n) is 2.65. The van der Waals surface area contributed by atoms with Crippen LogP contribution in [0, 0.1) is 0 Å². The third-order valence-electron chi connectivity index (χ3n) is 3.45. The van der Waals surface area contributed by atoms with E-state index >= 15 is 0 Å². The number of pyridine rings is 1. The molecular weight excluding hydrogens is 261 g/mol. The third kappa shape index (κ3) is 1.63. The van der Waals surface area contributed by atoms with Crippen molar-refractivity contribution < 1.29 is 4.79 Å². The molecule has 1 aromatic heterocycles. The van der Waals surface area contributed by atoms with Gasteiger partial charge in [-0.25, -0.2) is 4.98 Å². The molecule has 1 fully saturated rings. The van der Waals surface area contributed by atoms with Crippen LogP contribution in [0.2, 0.25) is 0 Å². The van der Waals surface area contributed by atoms with Gasteiger partial charge in [-0.1, -0.05) is 29.3 Å². The molecule has 3 rings (SSSR count). The fraction of sp³-hybridized carbons (Fsp3) is 0.455. The van der Waals surface area contributed by atoms with Crippen LogP contribution in [-0.4, -0.2) is 21.9 Å². The van der Waals surface area contributed by atoms with E-state index in [0.717, 1.165) is 5.56 Å². The summed E-state index contributed by atoms with van der Waals surface area (Å²) in [6.07, 6.45) is 2.69. The van der Waals surface area contributed by atoms with Crippen molar-refractivity contribution in [1.29, 1.82) is 0 Å². The Kier molecular flexibility index (Phi) is 2.37. The summed E-state index contributed by atoms with van der Waals surface area (Å²) in [7, 11) is 0. The highest BCUT2D eigenvalue weighted by Crippen LogP contribution is 2.48. The number of carbonyl (C=O) groups is 1. The van der Waals surface area contributed by atoms with E-state index in [-0.39, 0.29) is 5.91 Å². The lowest BCUT2D eigenvalue weighted by atomic mass is 9.74. The largest absolute Gasteiger partial charge is 0.310 e. The Morgan fingerprint density at radius 1 is 1.41 bits per heavy atom. The van der Waals surface area contributed by atoms with Gasteiger partial charge in [0, 0.05) is 18.2 Å². The molecule has 2 aliphatic rings. The van der Waals surface area contributed by atoms with Gasteiger partial charge in [0.05, 0.1) is 5.41 Å². The summed E-state index contributed by atoms with van der Waals surface area (Å²) < 4.78 is -1.06. The highest BCUT2D eigenvalue weighted by atomic mass is 35.5. The Labute approximate surface area is 109 Å². The number of hydrogen-bond acceptors (Lipinski definition) is 3. The molecule has 6 heteroatoms. The first-order chi connectivity index (χ1) is 8.04. The molecule has 1 unspecified atom stereocenters. The first-order valence-corrected chi connectivity index (χ1v) is 6.19. The van der Waals surface area contributed by atoms with Crippen molar-refractivity contribution in [1.82, 2.24) is 10.3 Å². The number of carbonyl (C=O) groups excluding carboxylic acids is 1. The number of anilines is 1. The maximum Gasteiger partial charge on any atom is 0.236 e. The lowest BCUT2D eigenvalue weighted by molar-refractivity contribution is -0.122. The lowest BCUT2D eigenvalue weighted by Crippen LogP contribution is -2.52. The van der Waals surface area contributed by atoms with Crippen molar-refractivity contribution in [2.24, 2.45) is 0 Å². The Bertz CT molecular complexity index is 491. The van der Waals surface area contributed by atoms with Crippen LogP contribution < -0.4 is 10.6 Å². The Morgan fingerprint density at radius 2 is 2.24 bits per heavy atom. The average molecular weight is 272 g/mol. The van der Waals surface area contributed by atoms with Crippen molar-refractivity contribution in [2.75, 3.05) is 11.9 Å². The third-order valence-corrected chi connectivity index (χ3v) is 3.98. The summed E-state index contributed by atoms with van der Waals surface area (Å²) in [6, 6.07) is 3.74. The van der Waals surface area contributed by atoms with Gasteiger partial charge in [0.25, 0.3) is 0 Å². The molecular formula is C11H11Cl2N3O. The fourth-order valence-corrected chi connectivity index (χ4v) is 3.30. The van der Waals surface area contributed by atoms with E-state index in [1.807, 2.05) is 12.1 Å². The van der Waals surface area contributed by atoms with E-state index in [2.05, 4.69) is 15.6 Å². The van der Waals surface area contributed by atoms with Crippen molar-refractivity contribution in [2.45, 2.75) is 22.7 Å². The Morgan fingerprint density at radius 3 is 3.00 bits per heavy atom. The number of alkyl halides is 2. The van der Waals surface area contributed by atoms with Gasteiger partial charge in [-0.05, 0) is 19.0 Å². The van der Waals surface area contributed by atoms with Crippen LogP contribution in [0.15, 0.2) is 18.3 Å². The van der Waals surface area contributed by atoms with E-state index < -0.39 is 9.87 Å². The summed E-state index contributed by atoms with van der Waals surface area (Å²) in [5, 5.41) is 5.79. The smallest absolute Gasteiger partial charge is 0.236 e. The Hall–Kier alpha value is -0.840. The number of fused-ring (bicyclic) bond motifs is 2. The van der Waals surface area contributed by atoms with Crippen molar-refractivity contribution in [3.05, 3.63) is 23.9 Å². The molecule has 1 aromatic rings. The minimum Gasteiger partial charge on any atom is -0.310 e. The van der Waals surface area contributed by atoms with Gasteiger partial charge in [0.1, 0.15) is 5.82 Å². The highest BCUT2D eigenvalue weighted by molar-refractivity contribution is 6.48. The SMILES string of the molecule is O=C1Nc2ncccc2C12CCNC(Cl)(Cl)C2. The minimum atomic E-state index is -1.06. The molecule has 17 heavy (non-hydrogen) atoms. The van der Waals surface area contributed by atoms with Crippen LogP contribution in [0.1, 0.15) is 18.4 Å². The second-order valence-corrected chi connectivity index (χ2v) is 5.98. The molecule has 2 aliphatic heterocycles. The zero-order chi connectivity index (χ0) is 12.1. The van der Waals surface area contributed by atoms with Crippen molar-refractivity contribution in [3.63, 3.8) is 0 Å². The predicted molar refractivity (Wildman–Crippen MR) is 66.2 cm³/mol. The molecule has 0 saturated carbocycles. The van der Waals surface area contributed by atoms with Crippen molar-refractivity contribution >= 4 is 34.9 Å². The van der Waals surface area contributed by atoms with E-state index in [1.54, 1.807) is 6.20 Å². The van der Waals surface area contributed by atoms with Crippen LogP contribution in [0.4, 0.5) is 5.82 Å². The number of halogens is 2. The molecule has 1 saturated heterocycles. The van der Waals surface area contributed by atoms with E-state index in [0.29, 0.717) is 25.2 Å². The zero-order valence-corrected chi connectivity index (χ0v) is 10.5. The molecule has 1 atom stereocenters. The second-order valence-electron chi connectivity index (χ2n) is 4.49. The van der Waals surface area contributed by atoms with E-state index in [4.69, 9.17) is 23.2 Å². The summed E-state index contributed by atoms with van der Waals surface area (Å²) in [5.41, 5.74) is 0.260. The molecule has 1 spiro atoms. The maximum absolute atomic E-state index is 12.2. The van der Waals surface area contributed by atoms with Gasteiger partial charge in [0.15, 0.2) is 4.46 Å². The molecule has 0 aromatic carbocycles. The summed E-state index contributed by atoms with van der Waals surface area (Å²) in [4.78, 5) is 16.4. The van der Waals surface area contributed by atoms with Gasteiger partial charge in [-0.15, -0.1) is 0 Å². The second kappa shape index (κ2) is 3.57. The van der Waals surface area contributed by atoms with Crippen LogP contribution in [0.3, 0.4) is 0 Å². The van der Waals surface area contributed by atoms with E-state index in [9.17, 15) is 4.79 Å². The Balaban J connectivity index is 2.10. The molecule has 0 bridgehead atoms. The topological polar surface area (TPSA) is 54.0 Å². The monoisotopic (exact) mass is 271 g/mol. The lowest BCUT2D eigenvalue weighted by Gasteiger charge is -2.38. The maximum atomic E-state index is 12.2. The molecule has 90 valence electrons. The number of nitrogens with zero attached hydrogens (tertiary/aromatic N) is 1. The molecule has 3 heterocycles. The molecule has 4 nitrogen and oxygen atoms in total. The van der Waals surface area contributed by atoms with Crippen LogP contribution in [0.5, 0.6) is 0 Å². The minimum absolute atomic E-state index is 0.0571. The van der Waals surface area contributed by atoms with Gasteiger partial charge >= 0.3 is 0 Å². The molecule has 0 aliphatic carbocycles. The van der Waals surface area contributed by atoms with Gasteiger partial charge < -0.3 is 5.32 Å². The highest BCUT2D eigenvalue weighted by Gasteiger charge is 2.53. The van der Waals surface area contributed by atoms with Crippen molar-refractivity contribution in [3.8, 4) is 0 Å². The summed E-state index contributed by atoms with van der Waals surface area (Å²) >= 11 is 12.3. The molecule has 2 N–H and O–H groups in total. The number of piperidine rings is 1. The predicted octanol–water partition coefficient (Wildman–Crippen LogP) is 1.79. The van der Waals surface area contributed by atoms with Gasteiger partial charge in [-0.3, -0.25) is 10.1 Å². The number of hydrogen-bond donors (Lipinski definition) is 2. The van der Waals surface area contributed by atoms with Crippen LogP contribution in [-0.2, 0) is 10.2 Å². The molecule has 0 radical (unpaired) electrons. The number of rotatable bonds is 0. The van der Waals surface area contributed by atoms with Crippen LogP contribution in [0.25, 0.3) is 0 Å². The zero-order valence-electron chi connectivity index (χ0n) is 8.96. The quantitative estimate of drug-likeness (QED) is 0.559. The number of aromatic nitrogens is 1. The van der Waals surface area contributed by atoms with E-state index in [1.165, 1.54) is 0 Å². The molecule has 1 amide bonds. The first-order valence-electron chi connectivity index (χ1n) is 5.43. The van der Waals surface area contributed by atoms with Gasteiger partial charge in [0.2, 0.25) is 5.91 Å². The standard InChI is InChI=1S/C11H11Cl2N3O/c12-11(13)6-10(3-5-15-11)7-2-1-4-14-8(7)16-9(10)17/h1-2,4,15H,3,5-6H2,(H,14,16,17). The normalized spacial score (nSPS) is 30.1. The average Bonchev–Trinajstić information content (AvgIpc) is 2.51.